The maximum Gasteiger partial charge on any atom is 0.416 e. The van der Waals surface area contributed by atoms with Crippen LogP contribution in [-0.2, 0) is 15.7 Å². The number of nitrogens with zero attached hydrogens (tertiary/aromatic N) is 5. The van der Waals surface area contributed by atoms with E-state index in [-0.39, 0.29) is 30.5 Å². The predicted octanol–water partition coefficient (Wildman–Crippen LogP) is 4.72. The van der Waals surface area contributed by atoms with Gasteiger partial charge in [-0.25, -0.2) is 9.78 Å². The second-order valence-corrected chi connectivity index (χ2v) is 10.3. The Morgan fingerprint density at radius 1 is 1.20 bits per heavy atom. The summed E-state index contributed by atoms with van der Waals surface area (Å²) in [6.07, 6.45) is -1.18. The van der Waals surface area contributed by atoms with E-state index in [0.717, 1.165) is 30.8 Å². The summed E-state index contributed by atoms with van der Waals surface area (Å²) < 4.78 is 56.9. The van der Waals surface area contributed by atoms with Crippen molar-refractivity contribution in [2.75, 3.05) is 41.4 Å². The molecule has 2 fully saturated rings. The maximum absolute atomic E-state index is 13.6. The number of anilines is 3. The molecule has 1 N–H and O–H groups in total. The van der Waals surface area contributed by atoms with Gasteiger partial charge in [0.2, 0.25) is 5.88 Å². The lowest BCUT2D eigenvalue weighted by Gasteiger charge is -2.35. The van der Waals surface area contributed by atoms with Gasteiger partial charge in [0.15, 0.2) is 17.4 Å². The smallest absolute Gasteiger partial charge is 0.416 e. The number of pyridine rings is 1. The van der Waals surface area contributed by atoms with Crippen molar-refractivity contribution >= 4 is 23.4 Å². The molecule has 13 heteroatoms. The highest BCUT2D eigenvalue weighted by Crippen LogP contribution is 2.41. The Labute approximate surface area is 228 Å². The fraction of sp³-hybridized carbons (Fsp3) is 0.407. The first kappa shape index (κ1) is 26.3. The van der Waals surface area contributed by atoms with Crippen LogP contribution in [0.25, 0.3) is 11.3 Å². The molecule has 2 saturated heterocycles. The molecule has 0 spiro atoms. The standard InChI is InChI=1S/C27H27F3N6O4/c1-26(2)39-15-19(40-26)14-38-23-12-31-11-22(33-23)34-25(37)36-18-8-9-35(13-18)21-7-6-20(32-24(21)36)16-4-3-5-17(10-16)27(28,29)30/h3-7,10-12,18-19H,8-9,13-15H2,1-2H3,(H,33,34,37)/t18-,19-/m1/s1. The minimum Gasteiger partial charge on any atom is -0.474 e. The number of benzene rings is 1. The zero-order valence-corrected chi connectivity index (χ0v) is 21.8. The summed E-state index contributed by atoms with van der Waals surface area (Å²) in [4.78, 5) is 30.4. The quantitative estimate of drug-likeness (QED) is 0.482. The van der Waals surface area contributed by atoms with Crippen LogP contribution in [0.4, 0.5) is 35.3 Å². The number of hydrogen-bond donors (Lipinski definition) is 1. The van der Waals surface area contributed by atoms with E-state index in [0.29, 0.717) is 30.2 Å². The first-order chi connectivity index (χ1) is 19.1. The third-order valence-electron chi connectivity index (χ3n) is 6.99. The molecule has 10 nitrogen and oxygen atoms in total. The van der Waals surface area contributed by atoms with Gasteiger partial charge in [0.25, 0.3) is 0 Å². The van der Waals surface area contributed by atoms with Gasteiger partial charge in [0, 0.05) is 18.7 Å². The molecule has 0 saturated carbocycles. The van der Waals surface area contributed by atoms with Gasteiger partial charge in [0.05, 0.1) is 42.0 Å². The van der Waals surface area contributed by atoms with E-state index in [1.54, 1.807) is 23.1 Å². The summed E-state index contributed by atoms with van der Waals surface area (Å²) in [6.45, 7) is 5.60. The van der Waals surface area contributed by atoms with E-state index in [9.17, 15) is 18.0 Å². The van der Waals surface area contributed by atoms with Gasteiger partial charge in [-0.1, -0.05) is 12.1 Å². The molecule has 2 aromatic heterocycles. The van der Waals surface area contributed by atoms with Crippen molar-refractivity contribution in [1.82, 2.24) is 15.0 Å². The summed E-state index contributed by atoms with van der Waals surface area (Å²) >= 11 is 0. The van der Waals surface area contributed by atoms with Crippen LogP contribution in [0.15, 0.2) is 48.8 Å². The second-order valence-electron chi connectivity index (χ2n) is 10.3. The van der Waals surface area contributed by atoms with Gasteiger partial charge >= 0.3 is 12.2 Å². The average Bonchev–Trinajstić information content (AvgIpc) is 3.50. The highest BCUT2D eigenvalue weighted by molar-refractivity contribution is 6.04. The number of carbonyl (C=O) groups excluding carboxylic acids is 1. The fourth-order valence-electron chi connectivity index (χ4n) is 5.16. The van der Waals surface area contributed by atoms with Crippen molar-refractivity contribution < 1.29 is 32.2 Å². The molecule has 1 aromatic carbocycles. The monoisotopic (exact) mass is 556 g/mol. The molecule has 0 aliphatic carbocycles. The molecule has 2 atom stereocenters. The van der Waals surface area contributed by atoms with Crippen LogP contribution < -0.4 is 19.9 Å². The lowest BCUT2D eigenvalue weighted by molar-refractivity contribution is -0.141. The number of aromatic nitrogens is 3. The molecule has 0 radical (unpaired) electrons. The summed E-state index contributed by atoms with van der Waals surface area (Å²) in [6, 6.07) is 7.83. The third kappa shape index (κ3) is 5.26. The minimum atomic E-state index is -4.48. The van der Waals surface area contributed by atoms with Crippen molar-refractivity contribution in [2.24, 2.45) is 0 Å². The third-order valence-corrected chi connectivity index (χ3v) is 6.99. The molecule has 2 bridgehead atoms. The topological polar surface area (TPSA) is 102 Å². The van der Waals surface area contributed by atoms with E-state index >= 15 is 0 Å². The van der Waals surface area contributed by atoms with Crippen LogP contribution in [0.5, 0.6) is 5.88 Å². The van der Waals surface area contributed by atoms with Gasteiger partial charge in [-0.2, -0.15) is 18.2 Å². The van der Waals surface area contributed by atoms with Crippen molar-refractivity contribution in [1.29, 1.82) is 0 Å². The molecule has 5 heterocycles. The Hall–Kier alpha value is -3.97. The zero-order chi connectivity index (χ0) is 28.1. The Bertz CT molecular complexity index is 1440. The van der Waals surface area contributed by atoms with Crippen LogP contribution in [0.2, 0.25) is 0 Å². The lowest BCUT2D eigenvalue weighted by Crippen LogP contribution is -2.48. The number of amides is 2. The highest BCUT2D eigenvalue weighted by atomic mass is 19.4. The molecule has 3 aromatic rings. The number of carbonyl (C=O) groups is 1. The van der Waals surface area contributed by atoms with Crippen molar-refractivity contribution in [3.05, 3.63) is 54.4 Å². The van der Waals surface area contributed by atoms with Crippen molar-refractivity contribution in [3.63, 3.8) is 0 Å². The van der Waals surface area contributed by atoms with Crippen LogP contribution in [0, 0.1) is 0 Å². The average molecular weight is 557 g/mol. The predicted molar refractivity (Wildman–Crippen MR) is 139 cm³/mol. The molecule has 210 valence electrons. The Kier molecular flexibility index (Phi) is 6.50. The van der Waals surface area contributed by atoms with Gasteiger partial charge < -0.3 is 19.1 Å². The first-order valence-electron chi connectivity index (χ1n) is 12.9. The number of hydrogen-bond acceptors (Lipinski definition) is 8. The number of ether oxygens (including phenoxy) is 3. The first-order valence-corrected chi connectivity index (χ1v) is 12.9. The van der Waals surface area contributed by atoms with E-state index in [1.165, 1.54) is 18.5 Å². The summed E-state index contributed by atoms with van der Waals surface area (Å²) in [5, 5.41) is 2.78. The molecule has 3 aliphatic rings. The maximum atomic E-state index is 13.6. The number of alkyl halides is 3. The van der Waals surface area contributed by atoms with Gasteiger partial charge in [-0.05, 0) is 44.5 Å². The number of halogens is 3. The number of rotatable bonds is 5. The Morgan fingerprint density at radius 2 is 2.05 bits per heavy atom. The summed E-state index contributed by atoms with van der Waals surface area (Å²) in [5.74, 6) is 0.0950. The minimum absolute atomic E-state index is 0.160. The van der Waals surface area contributed by atoms with Crippen molar-refractivity contribution in [2.45, 2.75) is 44.4 Å². The Balaban J connectivity index is 1.22. The molecule has 40 heavy (non-hydrogen) atoms. The lowest BCUT2D eigenvalue weighted by atomic mass is 10.1. The summed E-state index contributed by atoms with van der Waals surface area (Å²) in [7, 11) is 0. The normalized spacial score (nSPS) is 21.3. The molecule has 2 amide bonds. The molecular formula is C27H27F3N6O4. The van der Waals surface area contributed by atoms with E-state index in [2.05, 4.69) is 25.2 Å². The Morgan fingerprint density at radius 3 is 2.83 bits per heavy atom. The summed E-state index contributed by atoms with van der Waals surface area (Å²) in [5.41, 5.74) is 0.618. The van der Waals surface area contributed by atoms with Gasteiger partial charge in [0.1, 0.15) is 12.7 Å². The molecular weight excluding hydrogens is 529 g/mol. The van der Waals surface area contributed by atoms with Gasteiger partial charge in [-0.3, -0.25) is 15.2 Å². The largest absolute Gasteiger partial charge is 0.474 e. The van der Waals surface area contributed by atoms with Crippen LogP contribution in [0.1, 0.15) is 25.8 Å². The molecule has 6 rings (SSSR count). The second kappa shape index (κ2) is 9.89. The highest BCUT2D eigenvalue weighted by Gasteiger charge is 2.41. The zero-order valence-electron chi connectivity index (χ0n) is 21.8. The van der Waals surface area contributed by atoms with Crippen LogP contribution in [0.3, 0.4) is 0 Å². The van der Waals surface area contributed by atoms with Crippen molar-refractivity contribution in [3.8, 4) is 17.1 Å². The molecule has 0 unspecified atom stereocenters. The van der Waals surface area contributed by atoms with E-state index in [4.69, 9.17) is 14.2 Å². The number of nitrogens with one attached hydrogen (secondary N) is 1. The van der Waals surface area contributed by atoms with Gasteiger partial charge in [-0.15, -0.1) is 0 Å². The van der Waals surface area contributed by atoms with Crippen LogP contribution in [-0.4, -0.2) is 65.2 Å². The number of fused-ring (bicyclic) bond motifs is 4. The SMILES string of the molecule is CC1(C)OC[C@@H](COc2cncc(NC(=O)N3c4nc(-c5cccc(C(F)(F)F)c5)ccc4N4CC[C@@H]3C4)n2)O1. The van der Waals surface area contributed by atoms with Crippen LogP contribution >= 0.6 is 0 Å². The van der Waals surface area contributed by atoms with E-state index < -0.39 is 23.6 Å². The molecule has 3 aliphatic heterocycles. The fourth-order valence-corrected chi connectivity index (χ4v) is 5.16. The van der Waals surface area contributed by atoms with E-state index in [1.807, 2.05) is 13.8 Å². The number of urea groups is 1.